The smallest absolute Gasteiger partial charge is 0.273 e. The van der Waals surface area contributed by atoms with E-state index in [4.69, 9.17) is 18.0 Å². The molecular weight excluding hydrogens is 426 g/mol. The quantitative estimate of drug-likeness (QED) is 0.429. The van der Waals surface area contributed by atoms with E-state index >= 15 is 0 Å². The first-order valence-corrected chi connectivity index (χ1v) is 9.63. The lowest BCUT2D eigenvalue weighted by molar-refractivity contribution is -0.117. The SMILES string of the molecule is [2H]C([2H])([2H])NC(=O)c1nnc(NC(=O)C2CC2)cc1Nc1nccc(-c2ncn(C([2H])([2H])C#C)n2)c1OC. The van der Waals surface area contributed by atoms with Gasteiger partial charge >= 0.3 is 0 Å². The van der Waals surface area contributed by atoms with Crippen LogP contribution in [0.25, 0.3) is 11.4 Å². The summed E-state index contributed by atoms with van der Waals surface area (Å²) in [6.07, 6.45) is 9.24. The Morgan fingerprint density at radius 3 is 2.97 bits per heavy atom. The normalized spacial score (nSPS) is 15.6. The zero-order chi connectivity index (χ0) is 27.7. The summed E-state index contributed by atoms with van der Waals surface area (Å²) in [5, 5.41) is 19.1. The van der Waals surface area contributed by atoms with Gasteiger partial charge in [-0.15, -0.1) is 21.7 Å². The van der Waals surface area contributed by atoms with Crippen molar-refractivity contribution in [1.82, 2.24) is 35.3 Å². The molecule has 168 valence electrons. The predicted molar refractivity (Wildman–Crippen MR) is 119 cm³/mol. The highest BCUT2D eigenvalue weighted by Gasteiger charge is 2.30. The lowest BCUT2D eigenvalue weighted by Gasteiger charge is -2.15. The summed E-state index contributed by atoms with van der Waals surface area (Å²) in [5.41, 5.74) is -0.114. The highest BCUT2D eigenvalue weighted by molar-refractivity contribution is 5.99. The number of ether oxygens (including phenoxy) is 1. The van der Waals surface area contributed by atoms with E-state index < -0.39 is 19.4 Å². The van der Waals surface area contributed by atoms with Gasteiger partial charge in [0.25, 0.3) is 5.91 Å². The van der Waals surface area contributed by atoms with Gasteiger partial charge in [0.2, 0.25) is 5.91 Å². The lowest BCUT2D eigenvalue weighted by atomic mass is 10.2. The maximum Gasteiger partial charge on any atom is 0.273 e. The minimum atomic E-state index is -2.79. The van der Waals surface area contributed by atoms with Crippen molar-refractivity contribution in [3.63, 3.8) is 0 Å². The van der Waals surface area contributed by atoms with E-state index in [1.807, 2.05) is 11.2 Å². The fourth-order valence-corrected chi connectivity index (χ4v) is 2.90. The van der Waals surface area contributed by atoms with E-state index in [0.717, 1.165) is 23.9 Å². The maximum atomic E-state index is 12.7. The molecule has 12 nitrogen and oxygen atoms in total. The van der Waals surface area contributed by atoms with Crippen molar-refractivity contribution in [3.05, 3.63) is 30.4 Å². The molecule has 0 atom stereocenters. The second-order valence-corrected chi connectivity index (χ2v) is 6.84. The zero-order valence-corrected chi connectivity index (χ0v) is 17.3. The van der Waals surface area contributed by atoms with Crippen molar-refractivity contribution in [2.24, 2.45) is 5.92 Å². The van der Waals surface area contributed by atoms with E-state index in [0.29, 0.717) is 5.56 Å². The first-order chi connectivity index (χ1) is 17.9. The first kappa shape index (κ1) is 16.2. The predicted octanol–water partition coefficient (Wildman–Crippen LogP) is 1.22. The van der Waals surface area contributed by atoms with Gasteiger partial charge in [0, 0.05) is 29.3 Å². The van der Waals surface area contributed by atoms with Gasteiger partial charge in [-0.2, -0.15) is 0 Å². The van der Waals surface area contributed by atoms with Gasteiger partial charge in [0.05, 0.1) is 21.1 Å². The molecule has 3 heterocycles. The maximum absolute atomic E-state index is 12.7. The molecule has 0 aromatic carbocycles. The number of nitrogens with one attached hydrogen (secondary N) is 3. The number of amides is 2. The van der Waals surface area contributed by atoms with Gasteiger partial charge in [-0.25, -0.2) is 14.6 Å². The fraction of sp³-hybridized carbons (Fsp3) is 0.286. The van der Waals surface area contributed by atoms with Crippen LogP contribution in [0.4, 0.5) is 17.3 Å². The van der Waals surface area contributed by atoms with E-state index in [-0.39, 0.29) is 46.4 Å². The summed E-state index contributed by atoms with van der Waals surface area (Å²) >= 11 is 0. The molecule has 12 heteroatoms. The third kappa shape index (κ3) is 4.72. The Morgan fingerprint density at radius 2 is 2.24 bits per heavy atom. The van der Waals surface area contributed by atoms with Gasteiger partial charge in [0.15, 0.2) is 28.9 Å². The standard InChI is InChI=1S/C21H21N9O3/c1-4-9-30-11-24-18(29-30)13-7-8-23-19(17(13)33-3)25-14-10-15(26-20(31)12-5-6-12)27-28-16(14)21(32)22-2/h1,7-8,10-12H,5-6,9H2,2-3H3,(H,22,32)(H2,23,25,26,27,31)/i2D3,9D2. The molecule has 1 aliphatic rings. The van der Waals surface area contributed by atoms with E-state index in [1.165, 1.54) is 25.4 Å². The Labute approximate surface area is 196 Å². The second kappa shape index (κ2) is 9.31. The summed E-state index contributed by atoms with van der Waals surface area (Å²) in [4.78, 5) is 33.2. The van der Waals surface area contributed by atoms with Crippen LogP contribution in [-0.4, -0.2) is 55.8 Å². The Balaban J connectivity index is 1.73. The topological polar surface area (TPSA) is 149 Å². The number of rotatable bonds is 8. The van der Waals surface area contributed by atoms with E-state index in [1.54, 1.807) is 0 Å². The molecule has 0 unspecified atom stereocenters. The second-order valence-electron chi connectivity index (χ2n) is 6.84. The minimum Gasteiger partial charge on any atom is -0.492 e. The number of carbonyl (C=O) groups excluding carboxylic acids is 2. The summed E-state index contributed by atoms with van der Waals surface area (Å²) in [5.74, 6) is 0.800. The largest absolute Gasteiger partial charge is 0.492 e. The van der Waals surface area contributed by atoms with Crippen LogP contribution in [0.15, 0.2) is 24.7 Å². The third-order valence-corrected chi connectivity index (χ3v) is 4.60. The van der Waals surface area contributed by atoms with Crippen LogP contribution in [0.1, 0.15) is 30.2 Å². The molecule has 0 saturated heterocycles. The molecule has 33 heavy (non-hydrogen) atoms. The molecule has 0 aliphatic heterocycles. The van der Waals surface area contributed by atoms with Crippen molar-refractivity contribution in [1.29, 1.82) is 0 Å². The van der Waals surface area contributed by atoms with Crippen LogP contribution in [0.2, 0.25) is 0 Å². The average Bonchev–Trinajstić information content (AvgIpc) is 3.59. The number of nitrogens with zero attached hydrogens (tertiary/aromatic N) is 6. The molecule has 0 radical (unpaired) electrons. The number of aromatic nitrogens is 6. The molecule has 3 aromatic rings. The highest BCUT2D eigenvalue weighted by atomic mass is 16.5. The molecule has 0 spiro atoms. The number of anilines is 3. The monoisotopic (exact) mass is 452 g/mol. The fourth-order valence-electron chi connectivity index (χ4n) is 2.90. The number of pyridine rings is 1. The molecule has 1 aliphatic carbocycles. The Bertz CT molecular complexity index is 1430. The third-order valence-electron chi connectivity index (χ3n) is 4.60. The number of hydrogen-bond donors (Lipinski definition) is 3. The Hall–Kier alpha value is -4.53. The van der Waals surface area contributed by atoms with Crippen LogP contribution in [0.3, 0.4) is 0 Å². The van der Waals surface area contributed by atoms with Crippen LogP contribution in [0.5, 0.6) is 5.75 Å². The molecule has 2 amide bonds. The number of methoxy groups -OCH3 is 1. The van der Waals surface area contributed by atoms with Crippen LogP contribution < -0.4 is 20.7 Å². The molecule has 1 fully saturated rings. The van der Waals surface area contributed by atoms with Crippen molar-refractivity contribution in [2.75, 3.05) is 24.7 Å². The van der Waals surface area contributed by atoms with Crippen LogP contribution in [0, 0.1) is 18.3 Å². The first-order valence-electron chi connectivity index (χ1n) is 12.1. The molecule has 3 aromatic heterocycles. The minimum absolute atomic E-state index is 0.0295. The van der Waals surface area contributed by atoms with Gasteiger partial charge in [-0.05, 0) is 18.9 Å². The average molecular weight is 452 g/mol. The van der Waals surface area contributed by atoms with Crippen molar-refractivity contribution < 1.29 is 21.2 Å². The summed E-state index contributed by atoms with van der Waals surface area (Å²) in [6.45, 7) is -5.01. The molecule has 3 N–H and O–H groups in total. The highest BCUT2D eigenvalue weighted by Crippen LogP contribution is 2.35. The Kier molecular flexibility index (Phi) is 4.56. The van der Waals surface area contributed by atoms with Crippen molar-refractivity contribution >= 4 is 29.1 Å². The lowest BCUT2D eigenvalue weighted by Crippen LogP contribution is -2.22. The van der Waals surface area contributed by atoms with Gasteiger partial charge < -0.3 is 20.7 Å². The molecule has 0 bridgehead atoms. The molecule has 4 rings (SSSR count). The van der Waals surface area contributed by atoms with Gasteiger partial charge in [0.1, 0.15) is 12.8 Å². The van der Waals surface area contributed by atoms with Crippen molar-refractivity contribution in [2.45, 2.75) is 19.3 Å². The van der Waals surface area contributed by atoms with E-state index in [2.05, 4.69) is 35.9 Å². The van der Waals surface area contributed by atoms with Gasteiger partial charge in [-0.1, -0.05) is 5.92 Å². The zero-order valence-electron chi connectivity index (χ0n) is 22.3. The van der Waals surface area contributed by atoms with Crippen molar-refractivity contribution in [3.8, 4) is 29.5 Å². The molecule has 1 saturated carbocycles. The summed E-state index contributed by atoms with van der Waals surface area (Å²) in [7, 11) is 1.34. The number of hydrogen-bond acceptors (Lipinski definition) is 9. The summed E-state index contributed by atoms with van der Waals surface area (Å²) < 4.78 is 44.0. The summed E-state index contributed by atoms with van der Waals surface area (Å²) in [6, 6.07) is 2.83. The number of carbonyl (C=O) groups is 2. The van der Waals surface area contributed by atoms with Crippen LogP contribution in [-0.2, 0) is 11.3 Å². The molecular formula is C21H21N9O3. The van der Waals surface area contributed by atoms with Gasteiger partial charge in [-0.3, -0.25) is 9.59 Å². The number of terminal acetylenes is 1. The Morgan fingerprint density at radius 1 is 1.39 bits per heavy atom. The van der Waals surface area contributed by atoms with E-state index in [9.17, 15) is 9.59 Å². The van der Waals surface area contributed by atoms with Crippen LogP contribution >= 0.6 is 0 Å².